The molecule has 1 fully saturated rings. The number of hydrogen-bond acceptors (Lipinski definition) is 8. The van der Waals surface area contributed by atoms with E-state index < -0.39 is 47.9 Å². The minimum atomic E-state index is -1.23. The third-order valence-electron chi connectivity index (χ3n) is 5.53. The van der Waals surface area contributed by atoms with Crippen LogP contribution in [0.3, 0.4) is 0 Å². The molecular weight excluding hydrogens is 478 g/mol. The number of H-pyrrole nitrogens is 1. The van der Waals surface area contributed by atoms with Gasteiger partial charge in [-0.25, -0.2) is 9.78 Å². The van der Waals surface area contributed by atoms with Gasteiger partial charge in [0.25, 0.3) is 0 Å². The van der Waals surface area contributed by atoms with Crippen LogP contribution in [-0.2, 0) is 30.4 Å². The Labute approximate surface area is 207 Å². The first-order valence-corrected chi connectivity index (χ1v) is 12.7. The Bertz CT molecular complexity index is 876. The largest absolute Gasteiger partial charge is 0.480 e. The number of carboxylic acids is 1. The van der Waals surface area contributed by atoms with Crippen LogP contribution in [0.5, 0.6) is 0 Å². The molecule has 0 radical (unpaired) electrons. The van der Waals surface area contributed by atoms with E-state index in [9.17, 15) is 29.1 Å². The van der Waals surface area contributed by atoms with E-state index in [0.717, 1.165) is 6.42 Å². The second-order valence-corrected chi connectivity index (χ2v) is 9.22. The quantitative estimate of drug-likeness (QED) is 0.142. The van der Waals surface area contributed by atoms with Crippen LogP contribution >= 0.6 is 11.8 Å². The normalized spacial score (nSPS) is 17.7. The Kier molecular flexibility index (Phi) is 11.5. The van der Waals surface area contributed by atoms with E-state index in [1.807, 2.05) is 6.26 Å². The Balaban J connectivity index is 2.14. The van der Waals surface area contributed by atoms with Crippen molar-refractivity contribution in [3.63, 3.8) is 0 Å². The molecule has 194 valence electrons. The first-order chi connectivity index (χ1) is 16.7. The molecule has 14 heteroatoms. The van der Waals surface area contributed by atoms with Crippen molar-refractivity contribution in [2.24, 2.45) is 5.73 Å². The van der Waals surface area contributed by atoms with E-state index in [2.05, 4.69) is 31.2 Å². The number of nitrogens with one attached hydrogen (secondary N) is 5. The molecule has 2 rings (SSSR count). The van der Waals surface area contributed by atoms with Crippen LogP contribution in [0, 0.1) is 0 Å². The number of hydrogen-bond donors (Lipinski definition) is 7. The number of thioether (sulfide) groups is 1. The summed E-state index contributed by atoms with van der Waals surface area (Å²) in [6.45, 7) is 0.701. The third-order valence-corrected chi connectivity index (χ3v) is 6.17. The van der Waals surface area contributed by atoms with Crippen LogP contribution < -0.4 is 27.0 Å². The number of carbonyl (C=O) groups excluding carboxylic acids is 4. The summed E-state index contributed by atoms with van der Waals surface area (Å²) in [5.74, 6) is -3.14. The third kappa shape index (κ3) is 9.56. The molecule has 1 aromatic heterocycles. The fourth-order valence-electron chi connectivity index (χ4n) is 3.60. The number of aromatic nitrogens is 2. The zero-order valence-electron chi connectivity index (χ0n) is 19.5. The van der Waals surface area contributed by atoms with Gasteiger partial charge in [-0.1, -0.05) is 0 Å². The van der Waals surface area contributed by atoms with Gasteiger partial charge in [0.15, 0.2) is 0 Å². The second kappa shape index (κ2) is 14.3. The van der Waals surface area contributed by atoms with Crippen LogP contribution in [-0.4, -0.2) is 87.4 Å². The van der Waals surface area contributed by atoms with E-state index in [-0.39, 0.29) is 31.6 Å². The molecule has 1 saturated heterocycles. The molecule has 0 aliphatic carbocycles. The lowest BCUT2D eigenvalue weighted by atomic mass is 10.1. The van der Waals surface area contributed by atoms with Gasteiger partial charge in [0.2, 0.25) is 23.6 Å². The lowest BCUT2D eigenvalue weighted by molar-refractivity contribution is -0.142. The predicted octanol–water partition coefficient (Wildman–Crippen LogP) is -1.74. The maximum absolute atomic E-state index is 13.2. The van der Waals surface area contributed by atoms with Gasteiger partial charge < -0.3 is 37.1 Å². The molecule has 2 heterocycles. The molecule has 8 N–H and O–H groups in total. The maximum atomic E-state index is 13.2. The Morgan fingerprint density at radius 2 is 1.86 bits per heavy atom. The van der Waals surface area contributed by atoms with Gasteiger partial charge in [-0.15, -0.1) is 0 Å². The molecule has 35 heavy (non-hydrogen) atoms. The lowest BCUT2D eigenvalue weighted by Gasteiger charge is -2.25. The number of primary amides is 1. The Morgan fingerprint density at radius 1 is 1.14 bits per heavy atom. The van der Waals surface area contributed by atoms with Gasteiger partial charge in [-0.05, 0) is 44.2 Å². The molecule has 1 aliphatic heterocycles. The molecule has 1 aliphatic rings. The summed E-state index contributed by atoms with van der Waals surface area (Å²) in [5, 5.41) is 20.2. The minimum Gasteiger partial charge on any atom is -0.480 e. The highest BCUT2D eigenvalue weighted by molar-refractivity contribution is 7.98. The molecule has 4 atom stereocenters. The lowest BCUT2D eigenvalue weighted by Crippen LogP contribution is -2.57. The van der Waals surface area contributed by atoms with Crippen LogP contribution in [0.1, 0.15) is 37.8 Å². The molecule has 1 aromatic rings. The summed E-state index contributed by atoms with van der Waals surface area (Å²) >= 11 is 1.43. The van der Waals surface area contributed by atoms with Gasteiger partial charge in [-0.3, -0.25) is 19.2 Å². The highest BCUT2D eigenvalue weighted by atomic mass is 32.2. The van der Waals surface area contributed by atoms with E-state index in [0.29, 0.717) is 24.4 Å². The van der Waals surface area contributed by atoms with Gasteiger partial charge in [-0.2, -0.15) is 11.8 Å². The fourth-order valence-corrected chi connectivity index (χ4v) is 4.07. The van der Waals surface area contributed by atoms with Crippen molar-refractivity contribution < 1.29 is 29.1 Å². The first-order valence-electron chi connectivity index (χ1n) is 11.3. The number of nitrogens with two attached hydrogens (primary N) is 1. The van der Waals surface area contributed by atoms with E-state index >= 15 is 0 Å². The van der Waals surface area contributed by atoms with Gasteiger partial charge in [0.05, 0.1) is 12.4 Å². The average molecular weight is 512 g/mol. The van der Waals surface area contributed by atoms with Crippen LogP contribution in [0.15, 0.2) is 12.5 Å². The van der Waals surface area contributed by atoms with Crippen molar-refractivity contribution in [2.75, 3.05) is 18.6 Å². The number of rotatable bonds is 15. The SMILES string of the molecule is CSCCC(NC(=O)C(CCC(N)=O)NC(=O)C(Cc1cnc[nH]1)NC(=O)C1CCCN1)C(=O)O. The van der Waals surface area contributed by atoms with E-state index in [1.165, 1.54) is 24.3 Å². The Hall–Kier alpha value is -3.13. The monoisotopic (exact) mass is 511 g/mol. The molecular formula is C21H33N7O6S. The van der Waals surface area contributed by atoms with Crippen molar-refractivity contribution in [1.29, 1.82) is 0 Å². The molecule has 0 saturated carbocycles. The fraction of sp³-hybridized carbons (Fsp3) is 0.619. The number of carbonyl (C=O) groups is 5. The molecule has 0 bridgehead atoms. The number of nitrogens with zero attached hydrogens (tertiary/aromatic N) is 1. The zero-order valence-corrected chi connectivity index (χ0v) is 20.4. The molecule has 0 aromatic carbocycles. The number of carboxylic acid groups (broad SMARTS) is 1. The van der Waals surface area contributed by atoms with Gasteiger partial charge >= 0.3 is 5.97 Å². The molecule has 0 spiro atoms. The summed E-state index contributed by atoms with van der Waals surface area (Å²) in [4.78, 5) is 68.4. The first kappa shape index (κ1) is 28.1. The van der Waals surface area contributed by atoms with Crippen molar-refractivity contribution in [3.8, 4) is 0 Å². The number of imidazole rings is 1. The molecule has 4 unspecified atom stereocenters. The van der Waals surface area contributed by atoms with Crippen molar-refractivity contribution in [3.05, 3.63) is 18.2 Å². The second-order valence-electron chi connectivity index (χ2n) is 8.24. The Morgan fingerprint density at radius 3 is 2.43 bits per heavy atom. The number of amides is 4. The van der Waals surface area contributed by atoms with Crippen molar-refractivity contribution >= 4 is 41.4 Å². The van der Waals surface area contributed by atoms with Gasteiger partial charge in [0, 0.05) is 24.7 Å². The van der Waals surface area contributed by atoms with E-state index in [4.69, 9.17) is 5.73 Å². The molecule has 4 amide bonds. The van der Waals surface area contributed by atoms with Gasteiger partial charge in [0.1, 0.15) is 18.1 Å². The summed E-state index contributed by atoms with van der Waals surface area (Å²) in [6, 6.07) is -3.84. The maximum Gasteiger partial charge on any atom is 0.326 e. The number of aromatic amines is 1. The van der Waals surface area contributed by atoms with Crippen LogP contribution in [0.2, 0.25) is 0 Å². The van der Waals surface area contributed by atoms with Crippen molar-refractivity contribution in [1.82, 2.24) is 31.2 Å². The molecule has 13 nitrogen and oxygen atoms in total. The predicted molar refractivity (Wildman–Crippen MR) is 128 cm³/mol. The average Bonchev–Trinajstić information content (AvgIpc) is 3.52. The topological polar surface area (TPSA) is 208 Å². The van der Waals surface area contributed by atoms with Crippen LogP contribution in [0.25, 0.3) is 0 Å². The number of aliphatic carboxylic acids is 1. The summed E-state index contributed by atoms with van der Waals surface area (Å²) < 4.78 is 0. The minimum absolute atomic E-state index is 0.0833. The highest BCUT2D eigenvalue weighted by Crippen LogP contribution is 2.08. The van der Waals surface area contributed by atoms with Crippen LogP contribution in [0.4, 0.5) is 0 Å². The van der Waals surface area contributed by atoms with Crippen molar-refractivity contribution in [2.45, 2.75) is 62.7 Å². The zero-order chi connectivity index (χ0) is 25.8. The standard InChI is InChI=1S/C21H33N7O6S/c1-35-8-6-15(21(33)34)27-19(31)14(4-5-17(22)29)26-20(32)16(9-12-10-23-11-25-12)28-18(30)13-3-2-7-24-13/h10-11,13-16,24H,2-9H2,1H3,(H2,22,29)(H,23,25)(H,26,32)(H,27,31)(H,28,30)(H,33,34). The van der Waals surface area contributed by atoms with E-state index in [1.54, 1.807) is 0 Å². The summed E-state index contributed by atoms with van der Waals surface area (Å²) in [5.41, 5.74) is 5.81. The highest BCUT2D eigenvalue weighted by Gasteiger charge is 2.32. The smallest absolute Gasteiger partial charge is 0.326 e. The summed E-state index contributed by atoms with van der Waals surface area (Å²) in [7, 11) is 0. The summed E-state index contributed by atoms with van der Waals surface area (Å²) in [6.07, 6.45) is 6.18.